The van der Waals surface area contributed by atoms with E-state index in [0.717, 1.165) is 17.6 Å². The standard InChI is InChI=1S/C15H19N3S/c1-8-7-10(8)13-17-14(16-2)12-9-5-3-4-6-11(9)19-15(12)18-13/h8,10H,3-7H2,1-2H3,(H,16,17,18). The monoisotopic (exact) mass is 273 g/mol. The van der Waals surface area contributed by atoms with Gasteiger partial charge >= 0.3 is 0 Å². The van der Waals surface area contributed by atoms with E-state index in [9.17, 15) is 0 Å². The molecular weight excluding hydrogens is 254 g/mol. The summed E-state index contributed by atoms with van der Waals surface area (Å²) < 4.78 is 0. The number of nitrogens with zero attached hydrogens (tertiary/aromatic N) is 2. The molecular formula is C15H19N3S. The molecule has 3 nitrogen and oxygen atoms in total. The van der Waals surface area contributed by atoms with Crippen molar-refractivity contribution in [1.82, 2.24) is 9.97 Å². The van der Waals surface area contributed by atoms with Crippen LogP contribution >= 0.6 is 11.3 Å². The Bertz CT molecular complexity index is 646. The van der Waals surface area contributed by atoms with E-state index in [-0.39, 0.29) is 0 Å². The highest BCUT2D eigenvalue weighted by Crippen LogP contribution is 2.47. The third kappa shape index (κ3) is 1.76. The molecule has 0 bridgehead atoms. The van der Waals surface area contributed by atoms with Crippen molar-refractivity contribution < 1.29 is 0 Å². The van der Waals surface area contributed by atoms with E-state index in [4.69, 9.17) is 9.97 Å². The van der Waals surface area contributed by atoms with Crippen LogP contribution in [0.3, 0.4) is 0 Å². The van der Waals surface area contributed by atoms with E-state index in [0.29, 0.717) is 5.92 Å². The smallest absolute Gasteiger partial charge is 0.138 e. The van der Waals surface area contributed by atoms with Crippen LogP contribution in [0.4, 0.5) is 5.82 Å². The lowest BCUT2D eigenvalue weighted by molar-refractivity contribution is 0.700. The van der Waals surface area contributed by atoms with Crippen LogP contribution in [0.15, 0.2) is 0 Å². The fourth-order valence-electron chi connectivity index (χ4n) is 3.20. The Kier molecular flexibility index (Phi) is 2.56. The molecule has 0 spiro atoms. The lowest BCUT2D eigenvalue weighted by atomic mass is 9.97. The zero-order valence-electron chi connectivity index (χ0n) is 11.5. The van der Waals surface area contributed by atoms with Crippen molar-refractivity contribution in [2.24, 2.45) is 5.92 Å². The van der Waals surface area contributed by atoms with Gasteiger partial charge < -0.3 is 5.32 Å². The van der Waals surface area contributed by atoms with Gasteiger partial charge in [-0.15, -0.1) is 11.3 Å². The van der Waals surface area contributed by atoms with E-state index in [1.807, 2.05) is 18.4 Å². The van der Waals surface area contributed by atoms with Gasteiger partial charge in [0.15, 0.2) is 0 Å². The zero-order chi connectivity index (χ0) is 13.0. The summed E-state index contributed by atoms with van der Waals surface area (Å²) in [6.07, 6.45) is 6.32. The van der Waals surface area contributed by atoms with E-state index in [2.05, 4.69) is 12.2 Å². The molecule has 0 aliphatic heterocycles. The van der Waals surface area contributed by atoms with Crippen LogP contribution in [0.2, 0.25) is 0 Å². The molecule has 1 N–H and O–H groups in total. The SMILES string of the molecule is CNc1nc(C2CC2C)nc2sc3c(c12)CCCC3. The highest BCUT2D eigenvalue weighted by atomic mass is 32.1. The summed E-state index contributed by atoms with van der Waals surface area (Å²) in [6, 6.07) is 0. The molecule has 2 heterocycles. The maximum Gasteiger partial charge on any atom is 0.138 e. The first-order chi connectivity index (χ1) is 9.28. The third-order valence-electron chi connectivity index (χ3n) is 4.51. The van der Waals surface area contributed by atoms with Crippen molar-refractivity contribution in [2.75, 3.05) is 12.4 Å². The number of fused-ring (bicyclic) bond motifs is 3. The first kappa shape index (κ1) is 11.6. The minimum Gasteiger partial charge on any atom is -0.372 e. The Morgan fingerprint density at radius 2 is 2.00 bits per heavy atom. The lowest BCUT2D eigenvalue weighted by Crippen LogP contribution is -2.03. The molecule has 100 valence electrons. The molecule has 2 aromatic rings. The number of hydrogen-bond donors (Lipinski definition) is 1. The average molecular weight is 273 g/mol. The van der Waals surface area contributed by atoms with Crippen LogP contribution in [-0.4, -0.2) is 17.0 Å². The zero-order valence-corrected chi connectivity index (χ0v) is 12.3. The maximum atomic E-state index is 4.87. The summed E-state index contributed by atoms with van der Waals surface area (Å²) in [5.41, 5.74) is 1.52. The predicted octanol–water partition coefficient (Wildman–Crippen LogP) is 3.74. The molecule has 4 heteroatoms. The second-order valence-electron chi connectivity index (χ2n) is 5.89. The summed E-state index contributed by atoms with van der Waals surface area (Å²) in [5, 5.41) is 4.60. The molecule has 2 unspecified atom stereocenters. The van der Waals surface area contributed by atoms with Crippen LogP contribution in [0.1, 0.15) is 48.4 Å². The molecule has 0 saturated heterocycles. The van der Waals surface area contributed by atoms with Gasteiger partial charge in [-0.2, -0.15) is 0 Å². The molecule has 4 rings (SSSR count). The number of anilines is 1. The van der Waals surface area contributed by atoms with Crippen LogP contribution in [0.25, 0.3) is 10.2 Å². The van der Waals surface area contributed by atoms with Gasteiger partial charge in [0.2, 0.25) is 0 Å². The topological polar surface area (TPSA) is 37.8 Å². The van der Waals surface area contributed by atoms with Crippen LogP contribution in [-0.2, 0) is 12.8 Å². The van der Waals surface area contributed by atoms with Crippen molar-refractivity contribution in [3.63, 3.8) is 0 Å². The van der Waals surface area contributed by atoms with Crippen LogP contribution < -0.4 is 5.32 Å². The fourth-order valence-corrected chi connectivity index (χ4v) is 4.47. The highest BCUT2D eigenvalue weighted by Gasteiger charge is 2.37. The predicted molar refractivity (Wildman–Crippen MR) is 80.1 cm³/mol. The summed E-state index contributed by atoms with van der Waals surface area (Å²) >= 11 is 1.90. The summed E-state index contributed by atoms with van der Waals surface area (Å²) in [4.78, 5) is 12.4. The molecule has 0 radical (unpaired) electrons. The molecule has 1 fully saturated rings. The molecule has 2 aromatic heterocycles. The van der Waals surface area contributed by atoms with Gasteiger partial charge in [-0.05, 0) is 43.6 Å². The Labute approximate surface area is 117 Å². The maximum absolute atomic E-state index is 4.87. The molecule has 2 aliphatic rings. The van der Waals surface area contributed by atoms with Gasteiger partial charge in [0.1, 0.15) is 16.5 Å². The molecule has 0 aromatic carbocycles. The van der Waals surface area contributed by atoms with Gasteiger partial charge in [0.25, 0.3) is 0 Å². The van der Waals surface area contributed by atoms with Gasteiger partial charge in [0, 0.05) is 17.8 Å². The quantitative estimate of drug-likeness (QED) is 0.906. The van der Waals surface area contributed by atoms with Crippen molar-refractivity contribution >= 4 is 27.4 Å². The van der Waals surface area contributed by atoms with E-state index in [1.54, 1.807) is 4.88 Å². The van der Waals surface area contributed by atoms with Crippen molar-refractivity contribution in [3.8, 4) is 0 Å². The van der Waals surface area contributed by atoms with Gasteiger partial charge in [-0.3, -0.25) is 0 Å². The summed E-state index contributed by atoms with van der Waals surface area (Å²) in [6.45, 7) is 2.29. The molecule has 19 heavy (non-hydrogen) atoms. The average Bonchev–Trinajstić information content (AvgIpc) is 3.04. The number of aryl methyl sites for hydroxylation is 2. The van der Waals surface area contributed by atoms with E-state index >= 15 is 0 Å². The molecule has 2 aliphatic carbocycles. The molecule has 0 amide bonds. The second-order valence-corrected chi connectivity index (χ2v) is 6.97. The Hall–Kier alpha value is -1.16. The largest absolute Gasteiger partial charge is 0.372 e. The minimum absolute atomic E-state index is 0.593. The number of thiophene rings is 1. The first-order valence-electron chi connectivity index (χ1n) is 7.28. The number of hydrogen-bond acceptors (Lipinski definition) is 4. The van der Waals surface area contributed by atoms with Crippen LogP contribution in [0.5, 0.6) is 0 Å². The van der Waals surface area contributed by atoms with Crippen LogP contribution in [0, 0.1) is 5.92 Å². The Morgan fingerprint density at radius 3 is 2.74 bits per heavy atom. The number of aromatic nitrogens is 2. The van der Waals surface area contributed by atoms with E-state index < -0.39 is 0 Å². The highest BCUT2D eigenvalue weighted by molar-refractivity contribution is 7.19. The van der Waals surface area contributed by atoms with Crippen molar-refractivity contribution in [3.05, 3.63) is 16.3 Å². The minimum atomic E-state index is 0.593. The lowest BCUT2D eigenvalue weighted by Gasteiger charge is -2.12. The molecule has 2 atom stereocenters. The Balaban J connectivity index is 1.92. The summed E-state index contributed by atoms with van der Waals surface area (Å²) in [5.74, 6) is 3.47. The van der Waals surface area contributed by atoms with Crippen molar-refractivity contribution in [2.45, 2.75) is 44.9 Å². The normalized spacial score (nSPS) is 25.4. The number of nitrogens with one attached hydrogen (secondary N) is 1. The fraction of sp³-hybridized carbons (Fsp3) is 0.600. The van der Waals surface area contributed by atoms with Gasteiger partial charge in [-0.25, -0.2) is 9.97 Å². The number of rotatable bonds is 2. The second kappa shape index (κ2) is 4.17. The molecule has 1 saturated carbocycles. The first-order valence-corrected chi connectivity index (χ1v) is 8.09. The Morgan fingerprint density at radius 1 is 1.21 bits per heavy atom. The van der Waals surface area contributed by atoms with E-state index in [1.165, 1.54) is 47.9 Å². The van der Waals surface area contributed by atoms with Crippen molar-refractivity contribution in [1.29, 1.82) is 0 Å². The summed E-state index contributed by atoms with van der Waals surface area (Å²) in [7, 11) is 1.98. The van der Waals surface area contributed by atoms with Gasteiger partial charge in [0.05, 0.1) is 5.39 Å². The third-order valence-corrected chi connectivity index (χ3v) is 5.70. The van der Waals surface area contributed by atoms with Gasteiger partial charge in [-0.1, -0.05) is 6.92 Å².